The van der Waals surface area contributed by atoms with Gasteiger partial charge in [-0.05, 0) is 31.8 Å². The van der Waals surface area contributed by atoms with E-state index in [1.165, 1.54) is 0 Å². The number of rotatable bonds is 4. The Balaban J connectivity index is 2.81. The molecule has 3 nitrogen and oxygen atoms in total. The molecule has 1 N–H and O–H groups in total. The highest BCUT2D eigenvalue weighted by atomic mass is 16.3. The van der Waals surface area contributed by atoms with Crippen LogP contribution in [-0.4, -0.2) is 34.6 Å². The van der Waals surface area contributed by atoms with Crippen molar-refractivity contribution in [3.63, 3.8) is 0 Å². The van der Waals surface area contributed by atoms with Crippen LogP contribution in [-0.2, 0) is 4.79 Å². The Kier molecular flexibility index (Phi) is 4.30. The summed E-state index contributed by atoms with van der Waals surface area (Å²) in [6, 6.07) is 0. The monoisotopic (exact) mass is 223 g/mol. The van der Waals surface area contributed by atoms with Crippen molar-refractivity contribution in [2.45, 2.75) is 38.2 Å². The minimum atomic E-state index is -1.46. The van der Waals surface area contributed by atoms with Gasteiger partial charge >= 0.3 is 0 Å². The van der Waals surface area contributed by atoms with Gasteiger partial charge in [-0.25, -0.2) is 0 Å². The van der Waals surface area contributed by atoms with E-state index >= 15 is 0 Å². The van der Waals surface area contributed by atoms with E-state index < -0.39 is 5.60 Å². The van der Waals surface area contributed by atoms with Crippen molar-refractivity contribution in [1.29, 1.82) is 0 Å². The van der Waals surface area contributed by atoms with E-state index in [4.69, 9.17) is 0 Å². The van der Waals surface area contributed by atoms with Crippen molar-refractivity contribution in [3.05, 3.63) is 24.8 Å². The van der Waals surface area contributed by atoms with Crippen LogP contribution in [0.1, 0.15) is 32.6 Å². The molecule has 0 aliphatic carbocycles. The van der Waals surface area contributed by atoms with Crippen LogP contribution >= 0.6 is 0 Å². The fourth-order valence-electron chi connectivity index (χ4n) is 2.01. The van der Waals surface area contributed by atoms with Crippen molar-refractivity contribution in [1.82, 2.24) is 4.90 Å². The van der Waals surface area contributed by atoms with Crippen LogP contribution in [0, 0.1) is 0 Å². The van der Waals surface area contributed by atoms with Crippen LogP contribution in [0.5, 0.6) is 0 Å². The molecule has 0 radical (unpaired) electrons. The summed E-state index contributed by atoms with van der Waals surface area (Å²) in [6.45, 7) is 10.5. The van der Waals surface area contributed by atoms with Gasteiger partial charge in [0.25, 0.3) is 5.91 Å². The van der Waals surface area contributed by atoms with Crippen molar-refractivity contribution < 1.29 is 9.90 Å². The van der Waals surface area contributed by atoms with Crippen LogP contribution in [0.2, 0.25) is 0 Å². The Labute approximate surface area is 97.4 Å². The Morgan fingerprint density at radius 1 is 1.44 bits per heavy atom. The van der Waals surface area contributed by atoms with Crippen molar-refractivity contribution in [3.8, 4) is 0 Å². The minimum absolute atomic E-state index is 0.223. The third-order valence-corrected chi connectivity index (χ3v) is 3.14. The first kappa shape index (κ1) is 13.0. The number of carbonyl (C=O) groups excluding carboxylic acids is 1. The number of nitrogens with zero attached hydrogens (tertiary/aromatic N) is 1. The highest BCUT2D eigenvalue weighted by Crippen LogP contribution is 2.24. The van der Waals surface area contributed by atoms with Crippen LogP contribution < -0.4 is 0 Å². The summed E-state index contributed by atoms with van der Waals surface area (Å²) < 4.78 is 0. The first-order chi connectivity index (χ1) is 7.52. The SMILES string of the molecule is C=CCC(O)(C(=C)C)C(=O)N1CCCCC1. The molecule has 0 aromatic rings. The molecule has 1 fully saturated rings. The van der Waals surface area contributed by atoms with Crippen LogP contribution in [0.4, 0.5) is 0 Å². The lowest BCUT2D eigenvalue weighted by molar-refractivity contribution is -0.148. The average Bonchev–Trinajstić information content (AvgIpc) is 2.29. The van der Waals surface area contributed by atoms with Gasteiger partial charge in [0, 0.05) is 19.5 Å². The predicted octanol–water partition coefficient (Wildman–Crippen LogP) is 1.88. The molecule has 1 rings (SSSR count). The van der Waals surface area contributed by atoms with Gasteiger partial charge in [-0.1, -0.05) is 12.7 Å². The summed E-state index contributed by atoms with van der Waals surface area (Å²) in [5.74, 6) is -0.223. The van der Waals surface area contributed by atoms with Crippen LogP contribution in [0.25, 0.3) is 0 Å². The molecule has 3 heteroatoms. The lowest BCUT2D eigenvalue weighted by Gasteiger charge is -2.35. The summed E-state index contributed by atoms with van der Waals surface area (Å²) >= 11 is 0. The summed E-state index contributed by atoms with van der Waals surface area (Å²) in [6.07, 6.45) is 5.00. The van der Waals surface area contributed by atoms with Crippen molar-refractivity contribution in [2.75, 3.05) is 13.1 Å². The summed E-state index contributed by atoms with van der Waals surface area (Å²) in [5, 5.41) is 10.3. The third kappa shape index (κ3) is 2.53. The zero-order chi connectivity index (χ0) is 12.2. The van der Waals surface area contributed by atoms with Gasteiger partial charge in [0.2, 0.25) is 0 Å². The van der Waals surface area contributed by atoms with Gasteiger partial charge < -0.3 is 10.0 Å². The van der Waals surface area contributed by atoms with Gasteiger partial charge in [0.1, 0.15) is 0 Å². The number of amides is 1. The second kappa shape index (κ2) is 5.30. The minimum Gasteiger partial charge on any atom is -0.375 e. The Bertz CT molecular complexity index is 292. The molecular weight excluding hydrogens is 202 g/mol. The molecule has 0 saturated carbocycles. The molecule has 0 aromatic carbocycles. The highest BCUT2D eigenvalue weighted by molar-refractivity contribution is 5.88. The number of likely N-dealkylation sites (tertiary alicyclic amines) is 1. The number of carbonyl (C=O) groups is 1. The Morgan fingerprint density at radius 3 is 2.44 bits per heavy atom. The fourth-order valence-corrected chi connectivity index (χ4v) is 2.01. The molecule has 0 aromatic heterocycles. The van der Waals surface area contributed by atoms with E-state index in [2.05, 4.69) is 13.2 Å². The third-order valence-electron chi connectivity index (χ3n) is 3.14. The maximum Gasteiger partial charge on any atom is 0.259 e. The van der Waals surface area contributed by atoms with Crippen molar-refractivity contribution in [2.24, 2.45) is 0 Å². The van der Waals surface area contributed by atoms with Crippen LogP contribution in [0.3, 0.4) is 0 Å². The molecule has 1 saturated heterocycles. The molecule has 1 unspecified atom stereocenters. The molecule has 1 atom stereocenters. The lowest BCUT2D eigenvalue weighted by atomic mass is 9.90. The van der Waals surface area contributed by atoms with E-state index in [9.17, 15) is 9.90 Å². The molecular formula is C13H21NO2. The van der Waals surface area contributed by atoms with Crippen molar-refractivity contribution >= 4 is 5.91 Å². The van der Waals surface area contributed by atoms with E-state index in [1.54, 1.807) is 17.9 Å². The largest absolute Gasteiger partial charge is 0.375 e. The first-order valence-corrected chi connectivity index (χ1v) is 5.81. The predicted molar refractivity (Wildman–Crippen MR) is 65.0 cm³/mol. The number of hydrogen-bond acceptors (Lipinski definition) is 2. The van der Waals surface area contributed by atoms with Crippen LogP contribution in [0.15, 0.2) is 24.8 Å². The van der Waals surface area contributed by atoms with Gasteiger partial charge in [-0.3, -0.25) is 4.79 Å². The molecule has 90 valence electrons. The molecule has 1 amide bonds. The molecule has 1 heterocycles. The lowest BCUT2D eigenvalue weighted by Crippen LogP contribution is -2.51. The second-order valence-electron chi connectivity index (χ2n) is 4.49. The molecule has 1 aliphatic rings. The average molecular weight is 223 g/mol. The van der Waals surface area contributed by atoms with E-state index in [0.717, 1.165) is 32.4 Å². The van der Waals surface area contributed by atoms with Gasteiger partial charge in [-0.2, -0.15) is 0 Å². The van der Waals surface area contributed by atoms with E-state index in [1.807, 2.05) is 0 Å². The van der Waals surface area contributed by atoms with Gasteiger partial charge in [-0.15, -0.1) is 6.58 Å². The Morgan fingerprint density at radius 2 is 2.00 bits per heavy atom. The van der Waals surface area contributed by atoms with Gasteiger partial charge in [0.05, 0.1) is 0 Å². The summed E-state index contributed by atoms with van der Waals surface area (Å²) in [7, 11) is 0. The first-order valence-electron chi connectivity index (χ1n) is 5.81. The molecule has 1 aliphatic heterocycles. The Hall–Kier alpha value is -1.09. The maximum atomic E-state index is 12.2. The number of piperidine rings is 1. The van der Waals surface area contributed by atoms with E-state index in [0.29, 0.717) is 5.57 Å². The molecule has 16 heavy (non-hydrogen) atoms. The molecule has 0 bridgehead atoms. The maximum absolute atomic E-state index is 12.2. The topological polar surface area (TPSA) is 40.5 Å². The van der Waals surface area contributed by atoms with Gasteiger partial charge in [0.15, 0.2) is 5.60 Å². The fraction of sp³-hybridized carbons (Fsp3) is 0.615. The standard InChI is InChI=1S/C13H21NO2/c1-4-8-13(16,11(2)3)12(15)14-9-6-5-7-10-14/h4,16H,1-2,5-10H2,3H3. The normalized spacial score (nSPS) is 20.0. The number of aliphatic hydroxyl groups is 1. The molecule has 0 spiro atoms. The number of hydrogen-bond donors (Lipinski definition) is 1. The smallest absolute Gasteiger partial charge is 0.259 e. The zero-order valence-corrected chi connectivity index (χ0v) is 10.0. The second-order valence-corrected chi connectivity index (χ2v) is 4.49. The zero-order valence-electron chi connectivity index (χ0n) is 10.0. The van der Waals surface area contributed by atoms with E-state index in [-0.39, 0.29) is 12.3 Å². The summed E-state index contributed by atoms with van der Waals surface area (Å²) in [5.41, 5.74) is -0.970. The quantitative estimate of drug-likeness (QED) is 0.739. The highest BCUT2D eigenvalue weighted by Gasteiger charge is 2.39. The summed E-state index contributed by atoms with van der Waals surface area (Å²) in [4.78, 5) is 14.0.